The summed E-state index contributed by atoms with van der Waals surface area (Å²) >= 11 is 0. The van der Waals surface area contributed by atoms with Crippen LogP contribution in [0.15, 0.2) is 18.2 Å². The van der Waals surface area contributed by atoms with Crippen molar-refractivity contribution in [3.05, 3.63) is 35.3 Å². The number of nitrogens with zero attached hydrogens (tertiary/aromatic N) is 2. The third-order valence-electron chi connectivity index (χ3n) is 3.52. The summed E-state index contributed by atoms with van der Waals surface area (Å²) in [4.78, 5) is 2.19. The third kappa shape index (κ3) is 2.41. The molecule has 0 saturated heterocycles. The number of aryl methyl sites for hydroxylation is 3. The lowest BCUT2D eigenvalue weighted by Gasteiger charge is -2.10. The lowest BCUT2D eigenvalue weighted by atomic mass is 10.1. The fourth-order valence-corrected chi connectivity index (χ4v) is 2.49. The van der Waals surface area contributed by atoms with Crippen LogP contribution in [-0.2, 0) is 13.5 Å². The zero-order valence-electron chi connectivity index (χ0n) is 11.6. The first kappa shape index (κ1) is 13.1. The second-order valence-electron chi connectivity index (χ2n) is 5.21. The van der Waals surface area contributed by atoms with Crippen molar-refractivity contribution in [1.29, 1.82) is 0 Å². The standard InChI is InChI=1S/C15H21FN2/c1-11-14(16)8-7-12-10-13(18(4)15(11)12)6-5-9-17(2)3/h7-8,10H,5-6,9H2,1-4H3. The van der Waals surface area contributed by atoms with Gasteiger partial charge in [-0.1, -0.05) is 0 Å². The van der Waals surface area contributed by atoms with Gasteiger partial charge in [0.25, 0.3) is 0 Å². The average molecular weight is 248 g/mol. The maximum Gasteiger partial charge on any atom is 0.128 e. The van der Waals surface area contributed by atoms with Crippen LogP contribution in [0.1, 0.15) is 17.7 Å². The quantitative estimate of drug-likeness (QED) is 0.807. The van der Waals surface area contributed by atoms with Gasteiger partial charge >= 0.3 is 0 Å². The highest BCUT2D eigenvalue weighted by molar-refractivity contribution is 5.84. The van der Waals surface area contributed by atoms with Crippen molar-refractivity contribution in [1.82, 2.24) is 9.47 Å². The van der Waals surface area contributed by atoms with E-state index in [9.17, 15) is 4.39 Å². The normalized spacial score (nSPS) is 11.7. The second kappa shape index (κ2) is 5.11. The van der Waals surface area contributed by atoms with Crippen molar-refractivity contribution in [3.63, 3.8) is 0 Å². The predicted molar refractivity (Wildman–Crippen MR) is 74.5 cm³/mol. The number of hydrogen-bond donors (Lipinski definition) is 0. The molecule has 0 aliphatic carbocycles. The minimum Gasteiger partial charge on any atom is -0.347 e. The summed E-state index contributed by atoms with van der Waals surface area (Å²) in [5.74, 6) is -0.122. The van der Waals surface area contributed by atoms with Crippen molar-refractivity contribution in [2.24, 2.45) is 7.05 Å². The summed E-state index contributed by atoms with van der Waals surface area (Å²) in [7, 11) is 6.20. The molecule has 0 atom stereocenters. The molecule has 0 aliphatic heterocycles. The van der Waals surface area contributed by atoms with Gasteiger partial charge in [-0.2, -0.15) is 0 Å². The SMILES string of the molecule is Cc1c(F)ccc2cc(CCCN(C)C)n(C)c12. The Morgan fingerprint density at radius 3 is 2.67 bits per heavy atom. The van der Waals surface area contributed by atoms with Crippen LogP contribution in [0.4, 0.5) is 4.39 Å². The molecule has 0 saturated carbocycles. The molecule has 2 aromatic rings. The molecule has 0 aliphatic rings. The molecule has 2 nitrogen and oxygen atoms in total. The summed E-state index contributed by atoms with van der Waals surface area (Å²) in [6.07, 6.45) is 2.16. The molecule has 0 N–H and O–H groups in total. The van der Waals surface area contributed by atoms with Crippen LogP contribution in [0.2, 0.25) is 0 Å². The summed E-state index contributed by atoms with van der Waals surface area (Å²) in [6, 6.07) is 5.60. The molecule has 98 valence electrons. The maximum absolute atomic E-state index is 13.6. The molecule has 18 heavy (non-hydrogen) atoms. The molecule has 3 heteroatoms. The van der Waals surface area contributed by atoms with Gasteiger partial charge in [-0.15, -0.1) is 0 Å². The highest BCUT2D eigenvalue weighted by Gasteiger charge is 2.10. The highest BCUT2D eigenvalue weighted by Crippen LogP contribution is 2.24. The van der Waals surface area contributed by atoms with E-state index in [0.29, 0.717) is 0 Å². The van der Waals surface area contributed by atoms with Crippen molar-refractivity contribution < 1.29 is 4.39 Å². The van der Waals surface area contributed by atoms with E-state index in [2.05, 4.69) is 29.6 Å². The molecule has 0 bridgehead atoms. The molecule has 0 spiro atoms. The molecule has 2 rings (SSSR count). The van der Waals surface area contributed by atoms with Crippen molar-refractivity contribution in [3.8, 4) is 0 Å². The van der Waals surface area contributed by atoms with Crippen LogP contribution in [0, 0.1) is 12.7 Å². The van der Waals surface area contributed by atoms with Crippen molar-refractivity contribution in [2.75, 3.05) is 20.6 Å². The number of benzene rings is 1. The Hall–Kier alpha value is -1.35. The van der Waals surface area contributed by atoms with E-state index in [1.54, 1.807) is 6.07 Å². The smallest absolute Gasteiger partial charge is 0.128 e. The van der Waals surface area contributed by atoms with Gasteiger partial charge in [0.1, 0.15) is 5.82 Å². The van der Waals surface area contributed by atoms with E-state index in [1.807, 2.05) is 20.0 Å². The molecule has 1 aromatic heterocycles. The lowest BCUT2D eigenvalue weighted by molar-refractivity contribution is 0.399. The summed E-state index contributed by atoms with van der Waals surface area (Å²) in [5.41, 5.74) is 3.05. The van der Waals surface area contributed by atoms with Crippen LogP contribution < -0.4 is 0 Å². The van der Waals surface area contributed by atoms with Crippen LogP contribution in [0.25, 0.3) is 10.9 Å². The Balaban J connectivity index is 2.30. The third-order valence-corrected chi connectivity index (χ3v) is 3.52. The van der Waals surface area contributed by atoms with Gasteiger partial charge in [0.15, 0.2) is 0 Å². The average Bonchev–Trinajstić information content (AvgIpc) is 2.62. The van der Waals surface area contributed by atoms with E-state index in [-0.39, 0.29) is 5.82 Å². The summed E-state index contributed by atoms with van der Waals surface area (Å²) in [5, 5.41) is 1.14. The molecule has 0 unspecified atom stereocenters. The van der Waals surface area contributed by atoms with Crippen LogP contribution in [0.3, 0.4) is 0 Å². The monoisotopic (exact) mass is 248 g/mol. The Morgan fingerprint density at radius 1 is 1.28 bits per heavy atom. The Bertz CT molecular complexity index is 555. The molecule has 1 heterocycles. The van der Waals surface area contributed by atoms with Gasteiger partial charge < -0.3 is 9.47 Å². The van der Waals surface area contributed by atoms with Gasteiger partial charge in [-0.25, -0.2) is 4.39 Å². The molecular weight excluding hydrogens is 227 g/mol. The molecule has 0 fully saturated rings. The van der Waals surface area contributed by atoms with Crippen LogP contribution in [0.5, 0.6) is 0 Å². The number of aromatic nitrogens is 1. The number of halogens is 1. The maximum atomic E-state index is 13.6. The van der Waals surface area contributed by atoms with E-state index < -0.39 is 0 Å². The van der Waals surface area contributed by atoms with Crippen molar-refractivity contribution in [2.45, 2.75) is 19.8 Å². The van der Waals surface area contributed by atoms with Crippen LogP contribution in [-0.4, -0.2) is 30.1 Å². The van der Waals surface area contributed by atoms with Gasteiger partial charge in [0.2, 0.25) is 0 Å². The number of fused-ring (bicyclic) bond motifs is 1. The fraction of sp³-hybridized carbons (Fsp3) is 0.467. The summed E-state index contributed by atoms with van der Waals surface area (Å²) < 4.78 is 15.7. The summed E-state index contributed by atoms with van der Waals surface area (Å²) in [6.45, 7) is 2.93. The predicted octanol–water partition coefficient (Wildman–Crippen LogP) is 3.12. The van der Waals surface area contributed by atoms with Gasteiger partial charge in [0, 0.05) is 23.7 Å². The van der Waals surface area contributed by atoms with E-state index >= 15 is 0 Å². The molecule has 0 amide bonds. The van der Waals surface area contributed by atoms with Gasteiger partial charge in [0.05, 0.1) is 5.52 Å². The minimum atomic E-state index is -0.122. The van der Waals surface area contributed by atoms with Crippen molar-refractivity contribution >= 4 is 10.9 Å². The Morgan fingerprint density at radius 2 is 2.00 bits per heavy atom. The largest absolute Gasteiger partial charge is 0.347 e. The lowest BCUT2D eigenvalue weighted by Crippen LogP contribution is -2.14. The second-order valence-corrected chi connectivity index (χ2v) is 5.21. The zero-order chi connectivity index (χ0) is 13.3. The number of rotatable bonds is 4. The number of hydrogen-bond acceptors (Lipinski definition) is 1. The highest BCUT2D eigenvalue weighted by atomic mass is 19.1. The first-order chi connectivity index (χ1) is 8.50. The van der Waals surface area contributed by atoms with E-state index in [1.165, 1.54) is 5.69 Å². The van der Waals surface area contributed by atoms with Gasteiger partial charge in [-0.05, 0) is 58.6 Å². The zero-order valence-corrected chi connectivity index (χ0v) is 11.6. The Kier molecular flexibility index (Phi) is 3.71. The Labute approximate surface area is 108 Å². The van der Waals surface area contributed by atoms with Gasteiger partial charge in [-0.3, -0.25) is 0 Å². The van der Waals surface area contributed by atoms with Crippen LogP contribution >= 0.6 is 0 Å². The topological polar surface area (TPSA) is 8.17 Å². The van der Waals surface area contributed by atoms with E-state index in [0.717, 1.165) is 35.9 Å². The fourth-order valence-electron chi connectivity index (χ4n) is 2.49. The first-order valence-electron chi connectivity index (χ1n) is 6.39. The molecule has 1 aromatic carbocycles. The molecular formula is C15H21FN2. The van der Waals surface area contributed by atoms with E-state index in [4.69, 9.17) is 0 Å². The first-order valence-corrected chi connectivity index (χ1v) is 6.39. The molecule has 0 radical (unpaired) electrons. The minimum absolute atomic E-state index is 0.122.